The van der Waals surface area contributed by atoms with Crippen molar-refractivity contribution in [3.63, 3.8) is 0 Å². The Morgan fingerprint density at radius 3 is 1.35 bits per heavy atom. The molecule has 0 aliphatic heterocycles. The molecule has 3 heteroatoms. The number of benzene rings is 2. The van der Waals surface area contributed by atoms with Crippen LogP contribution in [0, 0.1) is 13.8 Å². The van der Waals surface area contributed by atoms with E-state index in [2.05, 4.69) is 75.1 Å². The minimum atomic E-state index is -3.02. The summed E-state index contributed by atoms with van der Waals surface area (Å²) in [5.41, 5.74) is 2.54. The summed E-state index contributed by atoms with van der Waals surface area (Å²) in [5.74, 6) is 0. The zero-order valence-electron chi connectivity index (χ0n) is 9.87. The van der Waals surface area contributed by atoms with Gasteiger partial charge in [0.2, 0.25) is 0 Å². The van der Waals surface area contributed by atoms with Gasteiger partial charge in [-0.2, -0.15) is 0 Å². The van der Waals surface area contributed by atoms with Crippen LogP contribution in [0.5, 0.6) is 0 Å². The van der Waals surface area contributed by atoms with Gasteiger partial charge in [0.05, 0.1) is 0 Å². The molecule has 0 aliphatic rings. The van der Waals surface area contributed by atoms with Gasteiger partial charge in [0, 0.05) is 0 Å². The monoisotopic (exact) mass is 416 g/mol. The normalized spacial score (nSPS) is 11.5. The van der Waals surface area contributed by atoms with Gasteiger partial charge in [-0.1, -0.05) is 0 Å². The number of rotatable bonds is 2. The molecule has 0 atom stereocenters. The fourth-order valence-electron chi connectivity index (χ4n) is 1.69. The molecule has 2 aromatic carbocycles. The molecule has 0 aliphatic carbocycles. The third-order valence-electron chi connectivity index (χ3n) is 2.83. The van der Waals surface area contributed by atoms with Crippen LogP contribution in [0.4, 0.5) is 0 Å². The third-order valence-corrected chi connectivity index (χ3v) is 17.9. The van der Waals surface area contributed by atoms with Crippen LogP contribution in [-0.4, -0.2) is 15.0 Å². The van der Waals surface area contributed by atoms with Gasteiger partial charge < -0.3 is 0 Å². The van der Waals surface area contributed by atoms with Gasteiger partial charge in [0.25, 0.3) is 0 Å². The van der Waals surface area contributed by atoms with E-state index in [1.54, 1.807) is 0 Å². The topological polar surface area (TPSA) is 0 Å². The SMILES string of the molecule is Cc1cc[c]([Sn]([Cl])([Br])[c]2ccc(C)cc2)cc1. The first-order valence-corrected chi connectivity index (χ1v) is 18.4. The Labute approximate surface area is 116 Å². The minimum absolute atomic E-state index is 1.26. The van der Waals surface area contributed by atoms with E-state index in [1.165, 1.54) is 18.3 Å². The number of hydrogen-bond donors (Lipinski definition) is 0. The van der Waals surface area contributed by atoms with Crippen LogP contribution in [0.25, 0.3) is 0 Å². The molecule has 2 rings (SSSR count). The van der Waals surface area contributed by atoms with Gasteiger partial charge in [-0.15, -0.1) is 0 Å². The first-order valence-electron chi connectivity index (χ1n) is 5.52. The van der Waals surface area contributed by atoms with Crippen LogP contribution >= 0.6 is 21.6 Å². The Morgan fingerprint density at radius 2 is 1.06 bits per heavy atom. The van der Waals surface area contributed by atoms with Crippen molar-refractivity contribution in [1.82, 2.24) is 0 Å². The van der Waals surface area contributed by atoms with E-state index >= 15 is 0 Å². The second-order valence-electron chi connectivity index (χ2n) is 4.31. The predicted octanol–water partition coefficient (Wildman–Crippen LogP) is 3.49. The zero-order chi connectivity index (χ0) is 12.5. The van der Waals surface area contributed by atoms with Crippen LogP contribution < -0.4 is 7.16 Å². The molecular weight excluding hydrogens is 402 g/mol. The summed E-state index contributed by atoms with van der Waals surface area (Å²) < 4.78 is 2.52. The van der Waals surface area contributed by atoms with Crippen molar-refractivity contribution in [3.8, 4) is 0 Å². The second kappa shape index (κ2) is 5.33. The molecule has 17 heavy (non-hydrogen) atoms. The van der Waals surface area contributed by atoms with Crippen molar-refractivity contribution in [2.75, 3.05) is 0 Å². The fourth-order valence-corrected chi connectivity index (χ4v) is 11.2. The van der Waals surface area contributed by atoms with E-state index in [0.29, 0.717) is 0 Å². The number of aryl methyl sites for hydroxylation is 2. The van der Waals surface area contributed by atoms with Crippen molar-refractivity contribution in [2.45, 2.75) is 13.8 Å². The van der Waals surface area contributed by atoms with Crippen molar-refractivity contribution >= 4 is 43.8 Å². The van der Waals surface area contributed by atoms with Crippen molar-refractivity contribution in [1.29, 1.82) is 0 Å². The van der Waals surface area contributed by atoms with Crippen molar-refractivity contribution in [3.05, 3.63) is 59.7 Å². The Bertz CT molecular complexity index is 455. The van der Waals surface area contributed by atoms with Gasteiger partial charge in [0.1, 0.15) is 0 Å². The molecule has 0 radical (unpaired) electrons. The van der Waals surface area contributed by atoms with E-state index in [-0.39, 0.29) is 0 Å². The first-order chi connectivity index (χ1) is 8.00. The molecule has 0 bridgehead atoms. The van der Waals surface area contributed by atoms with Gasteiger partial charge >= 0.3 is 117 Å². The summed E-state index contributed by atoms with van der Waals surface area (Å²) in [4.78, 5) is 0. The Morgan fingerprint density at radius 1 is 0.765 bits per heavy atom. The average molecular weight is 416 g/mol. The summed E-state index contributed by atoms with van der Waals surface area (Å²) in [6.45, 7) is 4.19. The molecule has 0 amide bonds. The van der Waals surface area contributed by atoms with Gasteiger partial charge in [-0.3, -0.25) is 0 Å². The summed E-state index contributed by atoms with van der Waals surface area (Å²) in [7, 11) is 6.82. The van der Waals surface area contributed by atoms with Crippen LogP contribution in [0.3, 0.4) is 0 Å². The fraction of sp³-hybridized carbons (Fsp3) is 0.143. The molecule has 0 spiro atoms. The predicted molar refractivity (Wildman–Crippen MR) is 82.2 cm³/mol. The van der Waals surface area contributed by atoms with E-state index in [9.17, 15) is 0 Å². The molecule has 2 aromatic rings. The molecule has 0 saturated carbocycles. The summed E-state index contributed by atoms with van der Waals surface area (Å²) >= 11 is 0.801. The van der Waals surface area contributed by atoms with Crippen LogP contribution in [-0.2, 0) is 0 Å². The Hall–Kier alpha value is 0.00870. The number of hydrogen-bond acceptors (Lipinski definition) is 0. The molecule has 0 fully saturated rings. The van der Waals surface area contributed by atoms with Crippen LogP contribution in [0.1, 0.15) is 11.1 Å². The van der Waals surface area contributed by atoms with Gasteiger partial charge in [-0.25, -0.2) is 0 Å². The number of halogens is 2. The molecule has 0 nitrogen and oxygen atoms in total. The third kappa shape index (κ3) is 3.07. The zero-order valence-corrected chi connectivity index (χ0v) is 15.1. The van der Waals surface area contributed by atoms with E-state index in [4.69, 9.17) is 8.92 Å². The van der Waals surface area contributed by atoms with Gasteiger partial charge in [-0.05, 0) is 0 Å². The van der Waals surface area contributed by atoms with Gasteiger partial charge in [0.15, 0.2) is 0 Å². The Balaban J connectivity index is 2.41. The molecule has 88 valence electrons. The first kappa shape index (κ1) is 13.4. The second-order valence-corrected chi connectivity index (χ2v) is 25.7. The van der Waals surface area contributed by atoms with Crippen molar-refractivity contribution < 1.29 is 0 Å². The maximum atomic E-state index is 6.82. The van der Waals surface area contributed by atoms with Crippen LogP contribution in [0.15, 0.2) is 48.5 Å². The maximum absolute atomic E-state index is 6.82. The summed E-state index contributed by atoms with van der Waals surface area (Å²) in [6, 6.07) is 17.1. The summed E-state index contributed by atoms with van der Waals surface area (Å²) in [6.07, 6.45) is 0. The van der Waals surface area contributed by atoms with E-state index in [1.807, 2.05) is 0 Å². The standard InChI is InChI=1S/2C7H7.BrH.ClH.Sn/c2*1-7-5-3-2-4-6-7;;;/h2*3-6H,1H3;2*1H;/q;;;;+2/p-2. The average Bonchev–Trinajstić information content (AvgIpc) is 2.30. The summed E-state index contributed by atoms with van der Waals surface area (Å²) in [5, 5.41) is 0. The molecular formula is C14H14BrClSn. The molecule has 0 saturated heterocycles. The van der Waals surface area contributed by atoms with Crippen molar-refractivity contribution in [2.24, 2.45) is 0 Å². The molecule has 0 unspecified atom stereocenters. The quantitative estimate of drug-likeness (QED) is 0.658. The molecule has 0 aromatic heterocycles. The Kier molecular flexibility index (Phi) is 4.21. The molecule has 0 N–H and O–H groups in total. The van der Waals surface area contributed by atoms with E-state index < -0.39 is 15.0 Å². The molecule has 0 heterocycles. The van der Waals surface area contributed by atoms with E-state index in [0.717, 1.165) is 0 Å². The van der Waals surface area contributed by atoms with Crippen LogP contribution in [0.2, 0.25) is 0 Å².